The molecule has 3 unspecified atom stereocenters. The summed E-state index contributed by atoms with van der Waals surface area (Å²) in [6.07, 6.45) is 5.34. The molecule has 3 atom stereocenters. The predicted molar refractivity (Wildman–Crippen MR) is 126 cm³/mol. The van der Waals surface area contributed by atoms with Crippen LogP contribution >= 0.6 is 24.0 Å². The van der Waals surface area contributed by atoms with E-state index in [1.807, 2.05) is 7.05 Å². The van der Waals surface area contributed by atoms with Crippen LogP contribution in [-0.4, -0.2) is 62.8 Å². The summed E-state index contributed by atoms with van der Waals surface area (Å²) in [6, 6.07) is 0.649. The summed E-state index contributed by atoms with van der Waals surface area (Å²) in [5, 5.41) is 7.12. The van der Waals surface area contributed by atoms with Crippen LogP contribution in [0, 0.1) is 17.3 Å². The van der Waals surface area contributed by atoms with E-state index in [9.17, 15) is 0 Å². The number of halogens is 1. The molecule has 0 spiro atoms. The van der Waals surface area contributed by atoms with Crippen molar-refractivity contribution in [3.05, 3.63) is 0 Å². The smallest absolute Gasteiger partial charge is 0.190 e. The number of nitrogens with one attached hydrogen (secondary N) is 2. The topological polar surface area (TPSA) is 48.9 Å². The molecule has 0 aromatic heterocycles. The highest BCUT2D eigenvalue weighted by atomic mass is 127. The number of guanidine groups is 1. The molecule has 2 saturated heterocycles. The van der Waals surface area contributed by atoms with Gasteiger partial charge in [-0.05, 0) is 57.4 Å². The van der Waals surface area contributed by atoms with E-state index in [1.165, 1.54) is 32.4 Å². The zero-order valence-electron chi connectivity index (χ0n) is 18.4. The van der Waals surface area contributed by atoms with E-state index >= 15 is 0 Å². The summed E-state index contributed by atoms with van der Waals surface area (Å²) in [4.78, 5) is 7.03. The van der Waals surface area contributed by atoms with Gasteiger partial charge in [-0.3, -0.25) is 4.99 Å². The van der Waals surface area contributed by atoms with Gasteiger partial charge in [0.25, 0.3) is 0 Å². The van der Waals surface area contributed by atoms with Gasteiger partial charge in [0.15, 0.2) is 5.96 Å². The number of aliphatic imine (C=N–C) groups is 1. The molecule has 0 aromatic carbocycles. The van der Waals surface area contributed by atoms with Crippen LogP contribution in [0.25, 0.3) is 0 Å². The molecule has 2 heterocycles. The predicted octanol–water partition coefficient (Wildman–Crippen LogP) is 3.73. The second-order valence-corrected chi connectivity index (χ2v) is 9.49. The van der Waals surface area contributed by atoms with Crippen LogP contribution in [-0.2, 0) is 4.74 Å². The van der Waals surface area contributed by atoms with Crippen LogP contribution in [0.3, 0.4) is 0 Å². The first-order valence-electron chi connectivity index (χ1n) is 10.6. The van der Waals surface area contributed by atoms with Crippen molar-refractivity contribution in [2.75, 3.05) is 39.8 Å². The van der Waals surface area contributed by atoms with Gasteiger partial charge in [-0.25, -0.2) is 0 Å². The lowest BCUT2D eigenvalue weighted by Gasteiger charge is -2.40. The van der Waals surface area contributed by atoms with E-state index in [-0.39, 0.29) is 29.4 Å². The number of hydrogen-bond acceptors (Lipinski definition) is 3. The summed E-state index contributed by atoms with van der Waals surface area (Å²) in [7, 11) is 1.87. The lowest BCUT2D eigenvalue weighted by atomic mass is 9.78. The van der Waals surface area contributed by atoms with Gasteiger partial charge in [0.1, 0.15) is 0 Å². The zero-order valence-corrected chi connectivity index (χ0v) is 20.7. The van der Waals surface area contributed by atoms with E-state index in [2.05, 4.69) is 55.1 Å². The Kier molecular flexibility index (Phi) is 10.9. The molecular weight excluding hydrogens is 451 g/mol. The SMILES string of the molecule is CN=C(NCC1CCCN(C(C)C)C1)NCC1CCCOC1C(C)(C)C.I. The van der Waals surface area contributed by atoms with Crippen LogP contribution in [0.4, 0.5) is 0 Å². The van der Waals surface area contributed by atoms with E-state index in [1.54, 1.807) is 0 Å². The first-order valence-corrected chi connectivity index (χ1v) is 10.6. The molecule has 2 fully saturated rings. The Balaban J connectivity index is 0.00000364. The Hall–Kier alpha value is -0.0800. The highest BCUT2D eigenvalue weighted by Gasteiger charge is 2.35. The van der Waals surface area contributed by atoms with Crippen LogP contribution in [0.5, 0.6) is 0 Å². The second kappa shape index (κ2) is 11.8. The van der Waals surface area contributed by atoms with Crippen LogP contribution in [0.1, 0.15) is 60.3 Å². The van der Waals surface area contributed by atoms with Gasteiger partial charge < -0.3 is 20.3 Å². The Bertz CT molecular complexity index is 450. The quantitative estimate of drug-likeness (QED) is 0.348. The third kappa shape index (κ3) is 8.05. The fourth-order valence-corrected chi connectivity index (χ4v) is 4.43. The van der Waals surface area contributed by atoms with Crippen molar-refractivity contribution in [2.45, 2.75) is 72.4 Å². The molecule has 0 radical (unpaired) electrons. The number of hydrogen-bond donors (Lipinski definition) is 2. The van der Waals surface area contributed by atoms with Gasteiger partial charge in [-0.2, -0.15) is 0 Å². The third-order valence-electron chi connectivity index (χ3n) is 5.89. The molecule has 2 aliphatic rings. The maximum absolute atomic E-state index is 6.10. The Morgan fingerprint density at radius 2 is 1.85 bits per heavy atom. The number of rotatable bonds is 5. The van der Waals surface area contributed by atoms with Gasteiger partial charge in [0, 0.05) is 45.2 Å². The lowest BCUT2D eigenvalue weighted by Crippen LogP contribution is -2.49. The number of piperidine rings is 1. The zero-order chi connectivity index (χ0) is 19.2. The molecular formula is C21H43IN4O. The van der Waals surface area contributed by atoms with Gasteiger partial charge in [-0.1, -0.05) is 20.8 Å². The van der Waals surface area contributed by atoms with Crippen molar-refractivity contribution in [2.24, 2.45) is 22.2 Å². The number of ether oxygens (including phenoxy) is 1. The maximum atomic E-state index is 6.10. The minimum absolute atomic E-state index is 0. The largest absolute Gasteiger partial charge is 0.377 e. The second-order valence-electron chi connectivity index (χ2n) is 9.49. The van der Waals surface area contributed by atoms with Crippen molar-refractivity contribution < 1.29 is 4.74 Å². The monoisotopic (exact) mass is 494 g/mol. The minimum Gasteiger partial charge on any atom is -0.377 e. The fraction of sp³-hybridized carbons (Fsp3) is 0.952. The molecule has 0 amide bonds. The first kappa shape index (κ1) is 25.0. The van der Waals surface area contributed by atoms with Gasteiger partial charge in [0.05, 0.1) is 6.10 Å². The standard InChI is InChI=1S/C21H42N4O.HI/c1-16(2)25-11-7-9-17(15-25)13-23-20(22-6)24-14-18-10-8-12-26-19(18)21(3,4)5;/h16-19H,7-15H2,1-6H3,(H2,22,23,24);1H. The summed E-state index contributed by atoms with van der Waals surface area (Å²) in [5.41, 5.74) is 0.187. The number of likely N-dealkylation sites (tertiary alicyclic amines) is 1. The van der Waals surface area contributed by atoms with Crippen LogP contribution < -0.4 is 10.6 Å². The average Bonchev–Trinajstić information content (AvgIpc) is 2.61. The molecule has 2 rings (SSSR count). The molecule has 2 aliphatic heterocycles. The molecule has 27 heavy (non-hydrogen) atoms. The summed E-state index contributed by atoms with van der Waals surface area (Å²) >= 11 is 0. The Morgan fingerprint density at radius 3 is 2.48 bits per heavy atom. The third-order valence-corrected chi connectivity index (χ3v) is 5.89. The Labute approximate surface area is 184 Å². The normalized spacial score (nSPS) is 28.0. The van der Waals surface area contributed by atoms with Crippen molar-refractivity contribution in [3.8, 4) is 0 Å². The van der Waals surface area contributed by atoms with Crippen LogP contribution in [0.2, 0.25) is 0 Å². The van der Waals surface area contributed by atoms with Crippen LogP contribution in [0.15, 0.2) is 4.99 Å². The number of nitrogens with zero attached hydrogens (tertiary/aromatic N) is 2. The van der Waals surface area contributed by atoms with Gasteiger partial charge in [0.2, 0.25) is 0 Å². The molecule has 160 valence electrons. The van der Waals surface area contributed by atoms with Crippen molar-refractivity contribution in [1.29, 1.82) is 0 Å². The maximum Gasteiger partial charge on any atom is 0.190 e. The fourth-order valence-electron chi connectivity index (χ4n) is 4.43. The van der Waals surface area contributed by atoms with Crippen molar-refractivity contribution in [3.63, 3.8) is 0 Å². The molecule has 0 saturated carbocycles. The van der Waals surface area contributed by atoms with E-state index < -0.39 is 0 Å². The first-order chi connectivity index (χ1) is 12.3. The summed E-state index contributed by atoms with van der Waals surface area (Å²) in [6.45, 7) is 16.7. The van der Waals surface area contributed by atoms with Crippen molar-refractivity contribution >= 4 is 29.9 Å². The minimum atomic E-state index is 0. The van der Waals surface area contributed by atoms with Gasteiger partial charge >= 0.3 is 0 Å². The highest BCUT2D eigenvalue weighted by Crippen LogP contribution is 2.33. The molecule has 2 N–H and O–H groups in total. The van der Waals surface area contributed by atoms with E-state index in [0.717, 1.165) is 32.1 Å². The molecule has 0 aromatic rings. The summed E-state index contributed by atoms with van der Waals surface area (Å²) < 4.78 is 6.10. The molecule has 5 nitrogen and oxygen atoms in total. The molecule has 0 bridgehead atoms. The lowest BCUT2D eigenvalue weighted by molar-refractivity contribution is -0.0835. The van der Waals surface area contributed by atoms with E-state index in [4.69, 9.17) is 4.74 Å². The summed E-state index contributed by atoms with van der Waals surface area (Å²) in [5.74, 6) is 2.20. The van der Waals surface area contributed by atoms with Gasteiger partial charge in [-0.15, -0.1) is 24.0 Å². The van der Waals surface area contributed by atoms with E-state index in [0.29, 0.717) is 24.0 Å². The Morgan fingerprint density at radius 1 is 1.15 bits per heavy atom. The molecule has 6 heteroatoms. The average molecular weight is 495 g/mol. The molecule has 0 aliphatic carbocycles. The highest BCUT2D eigenvalue weighted by molar-refractivity contribution is 14.0. The van der Waals surface area contributed by atoms with Crippen molar-refractivity contribution in [1.82, 2.24) is 15.5 Å².